The normalized spacial score (nSPS) is 11.9. The van der Waals surface area contributed by atoms with Crippen LogP contribution in [0.2, 0.25) is 0 Å². The zero-order chi connectivity index (χ0) is 16.4. The van der Waals surface area contributed by atoms with Crippen molar-refractivity contribution in [3.63, 3.8) is 0 Å². The molecule has 0 spiro atoms. The van der Waals surface area contributed by atoms with E-state index in [1.165, 1.54) is 6.07 Å². The Labute approximate surface area is 137 Å². The molecule has 0 saturated heterocycles. The highest BCUT2D eigenvalue weighted by molar-refractivity contribution is 7.98. The van der Waals surface area contributed by atoms with Gasteiger partial charge in [0.1, 0.15) is 11.5 Å². The lowest BCUT2D eigenvalue weighted by atomic mass is 10.00. The summed E-state index contributed by atoms with van der Waals surface area (Å²) in [5, 5.41) is 14.6. The zero-order valence-corrected chi connectivity index (χ0v) is 13.6. The van der Waals surface area contributed by atoms with Crippen LogP contribution in [-0.2, 0) is 0 Å². The lowest BCUT2D eigenvalue weighted by Gasteiger charge is -2.09. The quantitative estimate of drug-likeness (QED) is 0.330. The third-order valence-electron chi connectivity index (χ3n) is 3.65. The molecule has 23 heavy (non-hydrogen) atoms. The fourth-order valence-electron chi connectivity index (χ4n) is 2.54. The summed E-state index contributed by atoms with van der Waals surface area (Å²) in [6.45, 7) is 2.00. The third-order valence-corrected chi connectivity index (χ3v) is 4.45. The molecule has 1 heterocycles. The van der Waals surface area contributed by atoms with Gasteiger partial charge in [0.25, 0.3) is 0 Å². The fourth-order valence-corrected chi connectivity index (χ4v) is 3.11. The van der Waals surface area contributed by atoms with Crippen LogP contribution in [0, 0.1) is 12.7 Å². The average Bonchev–Trinajstić information content (AvgIpc) is 2.56. The Kier molecular flexibility index (Phi) is 4.30. The van der Waals surface area contributed by atoms with Crippen molar-refractivity contribution in [3.8, 4) is 0 Å². The van der Waals surface area contributed by atoms with Crippen molar-refractivity contribution in [2.24, 2.45) is 5.16 Å². The number of nitrogens with zero attached hydrogens (tertiary/aromatic N) is 2. The van der Waals surface area contributed by atoms with E-state index in [2.05, 4.69) is 10.1 Å². The van der Waals surface area contributed by atoms with E-state index in [9.17, 15) is 9.60 Å². The molecule has 0 aliphatic rings. The van der Waals surface area contributed by atoms with Crippen molar-refractivity contribution in [1.29, 1.82) is 0 Å². The lowest BCUT2D eigenvalue weighted by molar-refractivity contribution is 0.319. The minimum absolute atomic E-state index is 0.205. The van der Waals surface area contributed by atoms with Crippen molar-refractivity contribution in [2.45, 2.75) is 11.9 Å². The van der Waals surface area contributed by atoms with Crippen LogP contribution >= 0.6 is 11.8 Å². The number of benzene rings is 2. The van der Waals surface area contributed by atoms with Gasteiger partial charge >= 0.3 is 0 Å². The van der Waals surface area contributed by atoms with Crippen LogP contribution in [0.4, 0.5) is 4.39 Å². The Hall–Kier alpha value is -2.40. The summed E-state index contributed by atoms with van der Waals surface area (Å²) in [6, 6.07) is 13.8. The molecular formula is C18H15FN2OS. The molecule has 3 aromatic rings. The molecule has 0 aliphatic carbocycles. The Morgan fingerprint density at radius 2 is 1.96 bits per heavy atom. The Bertz CT molecular complexity index is 909. The van der Waals surface area contributed by atoms with Crippen molar-refractivity contribution in [2.75, 3.05) is 6.26 Å². The molecule has 0 aliphatic heterocycles. The number of fused-ring (bicyclic) bond motifs is 1. The molecule has 5 heteroatoms. The standard InChI is InChI=1S/C18H15FN2OS/c1-11-9-13-10-12(7-8-16(13)20-18(11)23-2)17(21-22)14-5-3-4-6-15(14)19/h3-10,22H,1-2H3/b21-17+. The Morgan fingerprint density at radius 1 is 1.17 bits per heavy atom. The maximum absolute atomic E-state index is 14.0. The summed E-state index contributed by atoms with van der Waals surface area (Å²) < 4.78 is 14.0. The maximum atomic E-state index is 14.0. The highest BCUT2D eigenvalue weighted by Crippen LogP contribution is 2.24. The minimum Gasteiger partial charge on any atom is -0.410 e. The molecule has 0 atom stereocenters. The van der Waals surface area contributed by atoms with Gasteiger partial charge in [0.15, 0.2) is 0 Å². The number of rotatable bonds is 3. The van der Waals surface area contributed by atoms with Gasteiger partial charge < -0.3 is 5.21 Å². The molecule has 3 rings (SSSR count). The monoisotopic (exact) mass is 326 g/mol. The van der Waals surface area contributed by atoms with Gasteiger partial charge in [-0.3, -0.25) is 0 Å². The molecule has 0 fully saturated rings. The summed E-state index contributed by atoms with van der Waals surface area (Å²) in [5.41, 5.74) is 3.05. The van der Waals surface area contributed by atoms with Crippen molar-refractivity contribution in [1.82, 2.24) is 4.98 Å². The highest BCUT2D eigenvalue weighted by atomic mass is 32.2. The second kappa shape index (κ2) is 6.38. The van der Waals surface area contributed by atoms with Crippen LogP contribution in [0.1, 0.15) is 16.7 Å². The molecule has 0 unspecified atom stereocenters. The predicted molar refractivity (Wildman–Crippen MR) is 92.1 cm³/mol. The van der Waals surface area contributed by atoms with Crippen LogP contribution in [-0.4, -0.2) is 22.2 Å². The number of oxime groups is 1. The predicted octanol–water partition coefficient (Wildman–Crippen LogP) is 4.63. The van der Waals surface area contributed by atoms with E-state index in [0.717, 1.165) is 21.5 Å². The molecule has 0 amide bonds. The molecule has 3 nitrogen and oxygen atoms in total. The summed E-state index contributed by atoms with van der Waals surface area (Å²) >= 11 is 1.60. The van der Waals surface area contributed by atoms with Gasteiger partial charge in [0.05, 0.1) is 10.5 Å². The fraction of sp³-hybridized carbons (Fsp3) is 0.111. The lowest BCUT2D eigenvalue weighted by Crippen LogP contribution is -2.06. The number of hydrogen-bond acceptors (Lipinski definition) is 4. The molecule has 116 valence electrons. The highest BCUT2D eigenvalue weighted by Gasteiger charge is 2.13. The van der Waals surface area contributed by atoms with Crippen molar-refractivity contribution < 1.29 is 9.60 Å². The molecule has 2 aromatic carbocycles. The molecule has 0 radical (unpaired) electrons. The largest absolute Gasteiger partial charge is 0.410 e. The maximum Gasteiger partial charge on any atom is 0.132 e. The zero-order valence-electron chi connectivity index (χ0n) is 12.7. The van der Waals surface area contributed by atoms with Crippen LogP contribution in [0.15, 0.2) is 58.7 Å². The second-order valence-electron chi connectivity index (χ2n) is 5.15. The van der Waals surface area contributed by atoms with Gasteiger partial charge in [-0.1, -0.05) is 23.4 Å². The third kappa shape index (κ3) is 2.92. The minimum atomic E-state index is -0.424. The molecule has 0 bridgehead atoms. The van der Waals surface area contributed by atoms with E-state index in [-0.39, 0.29) is 11.3 Å². The van der Waals surface area contributed by atoms with Crippen LogP contribution in [0.5, 0.6) is 0 Å². The van der Waals surface area contributed by atoms with E-state index >= 15 is 0 Å². The first-order valence-electron chi connectivity index (χ1n) is 7.06. The molecule has 1 N–H and O–H groups in total. The van der Waals surface area contributed by atoms with Gasteiger partial charge in [-0.05, 0) is 49.1 Å². The van der Waals surface area contributed by atoms with Crippen molar-refractivity contribution in [3.05, 3.63) is 71.0 Å². The number of halogens is 1. The summed E-state index contributed by atoms with van der Waals surface area (Å²) in [5.74, 6) is -0.424. The van der Waals surface area contributed by atoms with E-state index < -0.39 is 5.82 Å². The number of hydrogen-bond donors (Lipinski definition) is 1. The van der Waals surface area contributed by atoms with Gasteiger partial charge in [-0.25, -0.2) is 9.37 Å². The molecule has 0 saturated carbocycles. The Balaban J connectivity index is 2.14. The van der Waals surface area contributed by atoms with Gasteiger partial charge in [-0.15, -0.1) is 11.8 Å². The smallest absolute Gasteiger partial charge is 0.132 e. The first-order valence-corrected chi connectivity index (χ1v) is 8.29. The first kappa shape index (κ1) is 15.5. The summed E-state index contributed by atoms with van der Waals surface area (Å²) in [7, 11) is 0. The number of aromatic nitrogens is 1. The van der Waals surface area contributed by atoms with Gasteiger partial charge in [-0.2, -0.15) is 0 Å². The van der Waals surface area contributed by atoms with Crippen molar-refractivity contribution >= 4 is 28.4 Å². The second-order valence-corrected chi connectivity index (χ2v) is 5.95. The SMILES string of the molecule is CSc1nc2ccc(/C(=N\O)c3ccccc3F)cc2cc1C. The summed E-state index contributed by atoms with van der Waals surface area (Å²) in [6.07, 6.45) is 1.99. The van der Waals surface area contributed by atoms with Gasteiger partial charge in [0.2, 0.25) is 0 Å². The van der Waals surface area contributed by atoms with Crippen LogP contribution in [0.25, 0.3) is 10.9 Å². The average molecular weight is 326 g/mol. The topological polar surface area (TPSA) is 45.5 Å². The number of thioether (sulfide) groups is 1. The van der Waals surface area contributed by atoms with E-state index in [4.69, 9.17) is 0 Å². The summed E-state index contributed by atoms with van der Waals surface area (Å²) in [4.78, 5) is 4.60. The Morgan fingerprint density at radius 3 is 2.65 bits per heavy atom. The molecular weight excluding hydrogens is 311 g/mol. The van der Waals surface area contributed by atoms with E-state index in [1.807, 2.05) is 31.4 Å². The van der Waals surface area contributed by atoms with E-state index in [0.29, 0.717) is 5.56 Å². The van der Waals surface area contributed by atoms with Crippen LogP contribution in [0.3, 0.4) is 0 Å². The van der Waals surface area contributed by atoms with Crippen LogP contribution < -0.4 is 0 Å². The molecule has 1 aromatic heterocycles. The van der Waals surface area contributed by atoms with Gasteiger partial charge in [0, 0.05) is 16.5 Å². The number of pyridine rings is 1. The van der Waals surface area contributed by atoms with E-state index in [1.54, 1.807) is 36.0 Å². The number of aryl methyl sites for hydroxylation is 1. The first-order chi connectivity index (χ1) is 11.1.